The zero-order valence-corrected chi connectivity index (χ0v) is 15.6. The van der Waals surface area contributed by atoms with Crippen LogP contribution in [0, 0.1) is 0 Å². The standard InChI is InChI=1S/C18H22N2OS2/c1-18(2,3)15-12-23-17(20-15)11-19-16(21)10-7-13-5-8-14(22-4)9-6-13/h5-10,12H,11H2,1-4H3,(H,19,21)/b10-7+. The van der Waals surface area contributed by atoms with Gasteiger partial charge in [-0.2, -0.15) is 0 Å². The molecule has 0 fully saturated rings. The first kappa shape index (κ1) is 17.8. The molecule has 2 rings (SSSR count). The number of benzene rings is 1. The third kappa shape index (κ3) is 5.52. The molecule has 1 amide bonds. The lowest BCUT2D eigenvalue weighted by atomic mass is 9.93. The molecule has 23 heavy (non-hydrogen) atoms. The van der Waals surface area contributed by atoms with E-state index in [4.69, 9.17) is 0 Å². The Kier molecular flexibility index (Phi) is 6.02. The Morgan fingerprint density at radius 1 is 1.30 bits per heavy atom. The van der Waals surface area contributed by atoms with Gasteiger partial charge in [-0.3, -0.25) is 4.79 Å². The normalized spacial score (nSPS) is 11.8. The van der Waals surface area contributed by atoms with Crippen molar-refractivity contribution in [3.05, 3.63) is 52.0 Å². The van der Waals surface area contributed by atoms with Crippen molar-refractivity contribution in [2.45, 2.75) is 37.6 Å². The first-order valence-corrected chi connectivity index (χ1v) is 9.54. The summed E-state index contributed by atoms with van der Waals surface area (Å²) in [5, 5.41) is 5.87. The molecule has 0 aliphatic rings. The number of nitrogens with zero attached hydrogens (tertiary/aromatic N) is 1. The Morgan fingerprint density at radius 3 is 2.57 bits per heavy atom. The number of thiazole rings is 1. The highest BCUT2D eigenvalue weighted by atomic mass is 32.2. The molecule has 1 aromatic heterocycles. The average Bonchev–Trinajstić information content (AvgIpc) is 3.00. The summed E-state index contributed by atoms with van der Waals surface area (Å²) in [6.07, 6.45) is 5.43. The summed E-state index contributed by atoms with van der Waals surface area (Å²) >= 11 is 3.29. The van der Waals surface area contributed by atoms with E-state index in [1.165, 1.54) is 4.90 Å². The minimum absolute atomic E-state index is 0.0433. The molecule has 2 aromatic rings. The maximum atomic E-state index is 11.9. The lowest BCUT2D eigenvalue weighted by Gasteiger charge is -2.14. The summed E-state index contributed by atoms with van der Waals surface area (Å²) in [5.74, 6) is -0.105. The van der Waals surface area contributed by atoms with Crippen molar-refractivity contribution in [1.82, 2.24) is 10.3 Å². The Hall–Kier alpha value is -1.59. The van der Waals surface area contributed by atoms with Gasteiger partial charge in [-0.1, -0.05) is 32.9 Å². The van der Waals surface area contributed by atoms with Crippen molar-refractivity contribution in [3.8, 4) is 0 Å². The molecule has 0 aliphatic heterocycles. The summed E-state index contributed by atoms with van der Waals surface area (Å²) in [7, 11) is 0. The highest BCUT2D eigenvalue weighted by Crippen LogP contribution is 2.23. The van der Waals surface area contributed by atoms with Gasteiger partial charge in [0.15, 0.2) is 0 Å². The van der Waals surface area contributed by atoms with Crippen LogP contribution in [0.15, 0.2) is 40.6 Å². The molecule has 122 valence electrons. The van der Waals surface area contributed by atoms with Gasteiger partial charge >= 0.3 is 0 Å². The lowest BCUT2D eigenvalue weighted by Crippen LogP contribution is -2.20. The highest BCUT2D eigenvalue weighted by Gasteiger charge is 2.17. The van der Waals surface area contributed by atoms with Gasteiger partial charge in [-0.25, -0.2) is 4.98 Å². The second kappa shape index (κ2) is 7.79. The van der Waals surface area contributed by atoms with Crippen LogP contribution in [0.3, 0.4) is 0 Å². The van der Waals surface area contributed by atoms with E-state index in [1.807, 2.05) is 36.6 Å². The number of carbonyl (C=O) groups excluding carboxylic acids is 1. The number of aromatic nitrogens is 1. The van der Waals surface area contributed by atoms with E-state index in [0.29, 0.717) is 6.54 Å². The smallest absolute Gasteiger partial charge is 0.244 e. The van der Waals surface area contributed by atoms with E-state index in [2.05, 4.69) is 36.5 Å². The summed E-state index contributed by atoms with van der Waals surface area (Å²) in [6.45, 7) is 6.87. The van der Waals surface area contributed by atoms with Gasteiger partial charge in [-0.05, 0) is 30.0 Å². The van der Waals surface area contributed by atoms with Crippen LogP contribution < -0.4 is 5.32 Å². The number of thioether (sulfide) groups is 1. The number of carbonyl (C=O) groups is 1. The molecule has 5 heteroatoms. The molecule has 0 atom stereocenters. The third-order valence-corrected chi connectivity index (χ3v) is 4.87. The molecule has 3 nitrogen and oxygen atoms in total. The van der Waals surface area contributed by atoms with Crippen LogP contribution in [0.5, 0.6) is 0 Å². The number of hydrogen-bond donors (Lipinski definition) is 1. The Bertz CT molecular complexity index is 682. The van der Waals surface area contributed by atoms with Crippen LogP contribution in [-0.4, -0.2) is 17.1 Å². The SMILES string of the molecule is CSc1ccc(/C=C/C(=O)NCc2nc(C(C)(C)C)cs2)cc1. The van der Waals surface area contributed by atoms with Gasteiger partial charge in [0, 0.05) is 21.8 Å². The predicted molar refractivity (Wildman–Crippen MR) is 99.9 cm³/mol. The van der Waals surface area contributed by atoms with E-state index in [1.54, 1.807) is 29.2 Å². The topological polar surface area (TPSA) is 42.0 Å². The van der Waals surface area contributed by atoms with Crippen LogP contribution in [0.2, 0.25) is 0 Å². The van der Waals surface area contributed by atoms with Gasteiger partial charge in [0.1, 0.15) is 5.01 Å². The summed E-state index contributed by atoms with van der Waals surface area (Å²) < 4.78 is 0. The molecule has 0 radical (unpaired) electrons. The maximum absolute atomic E-state index is 11.9. The van der Waals surface area contributed by atoms with E-state index in [-0.39, 0.29) is 11.3 Å². The average molecular weight is 347 g/mol. The highest BCUT2D eigenvalue weighted by molar-refractivity contribution is 7.98. The molecule has 0 unspecified atom stereocenters. The fraction of sp³-hybridized carbons (Fsp3) is 0.333. The molecule has 0 bridgehead atoms. The Balaban J connectivity index is 1.87. The Labute approximate surface area is 146 Å². The summed E-state index contributed by atoms with van der Waals surface area (Å²) in [5.41, 5.74) is 2.13. The minimum atomic E-state index is -0.105. The first-order valence-electron chi connectivity index (χ1n) is 7.43. The largest absolute Gasteiger partial charge is 0.346 e. The number of hydrogen-bond acceptors (Lipinski definition) is 4. The monoisotopic (exact) mass is 346 g/mol. The van der Waals surface area contributed by atoms with E-state index in [9.17, 15) is 4.79 Å². The van der Waals surface area contributed by atoms with Crippen molar-refractivity contribution in [2.24, 2.45) is 0 Å². The maximum Gasteiger partial charge on any atom is 0.244 e. The van der Waals surface area contributed by atoms with Crippen molar-refractivity contribution >= 4 is 35.1 Å². The lowest BCUT2D eigenvalue weighted by molar-refractivity contribution is -0.116. The van der Waals surface area contributed by atoms with Crippen LogP contribution in [-0.2, 0) is 16.8 Å². The van der Waals surface area contributed by atoms with Gasteiger partial charge in [0.05, 0.1) is 12.2 Å². The third-order valence-electron chi connectivity index (χ3n) is 3.28. The first-order chi connectivity index (χ1) is 10.9. The molecule has 0 saturated carbocycles. The van der Waals surface area contributed by atoms with Gasteiger partial charge < -0.3 is 5.32 Å². The van der Waals surface area contributed by atoms with E-state index in [0.717, 1.165) is 16.3 Å². The van der Waals surface area contributed by atoms with Gasteiger partial charge in [0.25, 0.3) is 0 Å². The van der Waals surface area contributed by atoms with Crippen molar-refractivity contribution in [2.75, 3.05) is 6.26 Å². The number of amides is 1. The molecule has 1 heterocycles. The molecule has 0 saturated heterocycles. The van der Waals surface area contributed by atoms with Crippen molar-refractivity contribution in [1.29, 1.82) is 0 Å². The number of rotatable bonds is 5. The zero-order chi connectivity index (χ0) is 16.9. The molecular formula is C18H22N2OS2. The molecular weight excluding hydrogens is 324 g/mol. The number of nitrogens with one attached hydrogen (secondary N) is 1. The predicted octanol–water partition coefficient (Wildman–Crippen LogP) is 4.49. The molecule has 1 N–H and O–H groups in total. The van der Waals surface area contributed by atoms with E-state index < -0.39 is 0 Å². The zero-order valence-electron chi connectivity index (χ0n) is 13.9. The van der Waals surface area contributed by atoms with Gasteiger partial charge in [-0.15, -0.1) is 23.1 Å². The fourth-order valence-electron chi connectivity index (χ4n) is 1.85. The minimum Gasteiger partial charge on any atom is -0.346 e. The molecule has 0 aliphatic carbocycles. The summed E-state index contributed by atoms with van der Waals surface area (Å²) in [4.78, 5) is 17.7. The van der Waals surface area contributed by atoms with Crippen molar-refractivity contribution in [3.63, 3.8) is 0 Å². The molecule has 1 aromatic carbocycles. The summed E-state index contributed by atoms with van der Waals surface area (Å²) in [6, 6.07) is 8.11. The van der Waals surface area contributed by atoms with Crippen LogP contribution in [0.1, 0.15) is 37.0 Å². The quantitative estimate of drug-likeness (QED) is 0.640. The second-order valence-electron chi connectivity index (χ2n) is 6.20. The van der Waals surface area contributed by atoms with Crippen LogP contribution in [0.4, 0.5) is 0 Å². The second-order valence-corrected chi connectivity index (χ2v) is 8.02. The van der Waals surface area contributed by atoms with E-state index >= 15 is 0 Å². The van der Waals surface area contributed by atoms with Crippen LogP contribution >= 0.6 is 23.1 Å². The van der Waals surface area contributed by atoms with Crippen molar-refractivity contribution < 1.29 is 4.79 Å². The van der Waals surface area contributed by atoms with Gasteiger partial charge in [0.2, 0.25) is 5.91 Å². The fourth-order valence-corrected chi connectivity index (χ4v) is 3.21. The Morgan fingerprint density at radius 2 is 2.00 bits per heavy atom. The van der Waals surface area contributed by atoms with Crippen LogP contribution in [0.25, 0.3) is 6.08 Å². The molecule has 0 spiro atoms.